The van der Waals surface area contributed by atoms with Gasteiger partial charge >= 0.3 is 0 Å². The molecule has 0 saturated carbocycles. The van der Waals surface area contributed by atoms with Crippen molar-refractivity contribution in [2.45, 2.75) is 13.8 Å². The van der Waals surface area contributed by atoms with Crippen LogP contribution in [-0.2, 0) is 7.05 Å². The molecule has 1 aliphatic heterocycles. The number of aryl methyl sites for hydroxylation is 2. The summed E-state index contributed by atoms with van der Waals surface area (Å²) >= 11 is 1.33. The molecule has 2 aromatic heterocycles. The number of nitrogens with one attached hydrogen (secondary N) is 1. The van der Waals surface area contributed by atoms with Crippen LogP contribution in [0.5, 0.6) is 0 Å². The molecule has 0 radical (unpaired) electrons. The van der Waals surface area contributed by atoms with E-state index in [2.05, 4.69) is 10.3 Å². The van der Waals surface area contributed by atoms with Gasteiger partial charge in [0, 0.05) is 33.2 Å². The lowest BCUT2D eigenvalue weighted by molar-refractivity contribution is 0.0740. The second kappa shape index (κ2) is 5.23. The predicted molar refractivity (Wildman–Crippen MR) is 83.1 cm³/mol. The highest BCUT2D eigenvalue weighted by Gasteiger charge is 2.24. The van der Waals surface area contributed by atoms with Gasteiger partial charge < -0.3 is 10.2 Å². The number of rotatable bonds is 1. The van der Waals surface area contributed by atoms with Gasteiger partial charge in [-0.25, -0.2) is 4.98 Å². The van der Waals surface area contributed by atoms with Gasteiger partial charge in [-0.1, -0.05) is 0 Å². The molecular formula is C14H18N4O2S. The molecule has 0 aliphatic carbocycles. The average molecular weight is 306 g/mol. The van der Waals surface area contributed by atoms with Crippen LogP contribution in [-0.4, -0.2) is 46.5 Å². The molecule has 0 atom stereocenters. The second-order valence-electron chi connectivity index (χ2n) is 5.30. The molecule has 6 nitrogen and oxygen atoms in total. The zero-order valence-corrected chi connectivity index (χ0v) is 13.2. The Morgan fingerprint density at radius 2 is 1.95 bits per heavy atom. The monoisotopic (exact) mass is 306 g/mol. The topological polar surface area (TPSA) is 67.2 Å². The molecule has 0 spiro atoms. The molecule has 112 valence electrons. The first-order valence-electron chi connectivity index (χ1n) is 6.97. The fourth-order valence-corrected chi connectivity index (χ4v) is 3.77. The molecule has 3 heterocycles. The van der Waals surface area contributed by atoms with Gasteiger partial charge in [-0.05, 0) is 19.4 Å². The van der Waals surface area contributed by atoms with Crippen LogP contribution >= 0.6 is 11.3 Å². The van der Waals surface area contributed by atoms with Crippen molar-refractivity contribution in [1.82, 2.24) is 19.8 Å². The minimum absolute atomic E-state index is 0.0108. The first kappa shape index (κ1) is 14.2. The molecule has 3 rings (SSSR count). The van der Waals surface area contributed by atoms with Gasteiger partial charge in [0.05, 0.1) is 10.3 Å². The van der Waals surface area contributed by atoms with E-state index in [1.807, 2.05) is 11.8 Å². The molecule has 21 heavy (non-hydrogen) atoms. The molecule has 0 bridgehead atoms. The maximum Gasteiger partial charge on any atom is 0.264 e. The first-order valence-corrected chi connectivity index (χ1v) is 7.79. The number of hydrogen-bond acceptors (Lipinski definition) is 5. The summed E-state index contributed by atoms with van der Waals surface area (Å²) in [6, 6.07) is 0. The summed E-state index contributed by atoms with van der Waals surface area (Å²) in [6.45, 7) is 6.68. The van der Waals surface area contributed by atoms with Crippen LogP contribution in [0.2, 0.25) is 0 Å². The van der Waals surface area contributed by atoms with E-state index in [1.54, 1.807) is 14.0 Å². The van der Waals surface area contributed by atoms with E-state index in [4.69, 9.17) is 0 Å². The van der Waals surface area contributed by atoms with E-state index in [0.29, 0.717) is 34.0 Å². The molecule has 1 saturated heterocycles. The van der Waals surface area contributed by atoms with Crippen molar-refractivity contribution in [3.8, 4) is 0 Å². The minimum atomic E-state index is -0.0781. The number of hydrogen-bond donors (Lipinski definition) is 1. The van der Waals surface area contributed by atoms with Crippen LogP contribution in [0.3, 0.4) is 0 Å². The molecule has 1 fully saturated rings. The van der Waals surface area contributed by atoms with Crippen molar-refractivity contribution >= 4 is 27.5 Å². The fraction of sp³-hybridized carbons (Fsp3) is 0.500. The summed E-state index contributed by atoms with van der Waals surface area (Å²) in [5, 5.41) is 3.81. The van der Waals surface area contributed by atoms with Crippen molar-refractivity contribution in [3.05, 3.63) is 26.6 Å². The van der Waals surface area contributed by atoms with Crippen LogP contribution in [0.25, 0.3) is 10.2 Å². The van der Waals surface area contributed by atoms with E-state index in [1.165, 1.54) is 15.9 Å². The smallest absolute Gasteiger partial charge is 0.264 e. The summed E-state index contributed by atoms with van der Waals surface area (Å²) < 4.78 is 1.53. The summed E-state index contributed by atoms with van der Waals surface area (Å²) in [6.07, 6.45) is 0. The quantitative estimate of drug-likeness (QED) is 0.840. The second-order valence-corrected chi connectivity index (χ2v) is 6.30. The molecule has 7 heteroatoms. The Hall–Kier alpha value is -1.73. The van der Waals surface area contributed by atoms with Crippen LogP contribution in [0.1, 0.15) is 21.1 Å². The predicted octanol–water partition coefficient (Wildman–Crippen LogP) is 0.657. The Kier molecular flexibility index (Phi) is 3.54. The van der Waals surface area contributed by atoms with Crippen LogP contribution < -0.4 is 10.9 Å². The highest BCUT2D eigenvalue weighted by molar-refractivity contribution is 7.20. The highest BCUT2D eigenvalue weighted by Crippen LogP contribution is 2.28. The molecular weight excluding hydrogens is 288 g/mol. The van der Waals surface area contributed by atoms with E-state index in [9.17, 15) is 9.59 Å². The molecule has 1 aliphatic rings. The number of carbonyl (C=O) groups is 1. The van der Waals surface area contributed by atoms with E-state index < -0.39 is 0 Å². The Morgan fingerprint density at radius 3 is 2.62 bits per heavy atom. The molecule has 1 N–H and O–H groups in total. The third-order valence-corrected chi connectivity index (χ3v) is 5.17. The standard InChI is InChI=1S/C14H18N4O2S/c1-8-10-12(16-9(2)17(3)13(10)19)21-11(8)14(20)18-6-4-15-5-7-18/h15H,4-7H2,1-3H3. The zero-order valence-electron chi connectivity index (χ0n) is 12.4. The number of fused-ring (bicyclic) bond motifs is 1. The van der Waals surface area contributed by atoms with Gasteiger partial charge in [0.15, 0.2) is 0 Å². The Morgan fingerprint density at radius 1 is 1.29 bits per heavy atom. The van der Waals surface area contributed by atoms with Gasteiger partial charge in [-0.2, -0.15) is 0 Å². The lowest BCUT2D eigenvalue weighted by atomic mass is 10.2. The third-order valence-electron chi connectivity index (χ3n) is 3.99. The fourth-order valence-electron chi connectivity index (χ4n) is 2.58. The normalized spacial score (nSPS) is 15.7. The summed E-state index contributed by atoms with van der Waals surface area (Å²) in [5.74, 6) is 0.673. The first-order chi connectivity index (χ1) is 10.0. The Labute approximate surface area is 126 Å². The molecule has 1 amide bonds. The number of nitrogens with zero attached hydrogens (tertiary/aromatic N) is 3. The lowest BCUT2D eigenvalue weighted by Crippen LogP contribution is -2.46. The highest BCUT2D eigenvalue weighted by atomic mass is 32.1. The maximum atomic E-state index is 12.6. The van der Waals surface area contributed by atoms with Crippen molar-refractivity contribution in [2.75, 3.05) is 26.2 Å². The summed E-state index contributed by atoms with van der Waals surface area (Å²) in [4.78, 5) is 32.6. The van der Waals surface area contributed by atoms with Crippen molar-refractivity contribution in [2.24, 2.45) is 7.05 Å². The van der Waals surface area contributed by atoms with Gasteiger partial charge in [-0.15, -0.1) is 11.3 Å². The number of amides is 1. The van der Waals surface area contributed by atoms with Crippen LogP contribution in [0, 0.1) is 13.8 Å². The summed E-state index contributed by atoms with van der Waals surface area (Å²) in [7, 11) is 1.71. The number of aromatic nitrogens is 2. The molecule has 0 unspecified atom stereocenters. The van der Waals surface area contributed by atoms with Gasteiger partial charge in [0.2, 0.25) is 0 Å². The van der Waals surface area contributed by atoms with Gasteiger partial charge in [-0.3, -0.25) is 14.2 Å². The molecule has 2 aromatic rings. The Bertz CT molecular complexity index is 771. The minimum Gasteiger partial charge on any atom is -0.335 e. The van der Waals surface area contributed by atoms with E-state index in [-0.39, 0.29) is 11.5 Å². The SMILES string of the molecule is Cc1c(C(=O)N2CCNCC2)sc2nc(C)n(C)c(=O)c12. The third kappa shape index (κ3) is 2.26. The number of carbonyl (C=O) groups excluding carboxylic acids is 1. The van der Waals surface area contributed by atoms with Crippen molar-refractivity contribution in [1.29, 1.82) is 0 Å². The summed E-state index contributed by atoms with van der Waals surface area (Å²) in [5.41, 5.74) is 0.678. The van der Waals surface area contributed by atoms with Gasteiger partial charge in [0.1, 0.15) is 10.7 Å². The largest absolute Gasteiger partial charge is 0.335 e. The van der Waals surface area contributed by atoms with Crippen LogP contribution in [0.4, 0.5) is 0 Å². The molecule has 0 aromatic carbocycles. The number of thiophene rings is 1. The van der Waals surface area contributed by atoms with Gasteiger partial charge in [0.25, 0.3) is 11.5 Å². The van der Waals surface area contributed by atoms with Crippen molar-refractivity contribution < 1.29 is 4.79 Å². The van der Waals surface area contributed by atoms with E-state index >= 15 is 0 Å². The Balaban J connectivity index is 2.12. The average Bonchev–Trinajstić information content (AvgIpc) is 2.82. The van der Waals surface area contributed by atoms with Crippen molar-refractivity contribution in [3.63, 3.8) is 0 Å². The zero-order chi connectivity index (χ0) is 15.1. The maximum absolute atomic E-state index is 12.6. The number of piperazine rings is 1. The van der Waals surface area contributed by atoms with Crippen LogP contribution in [0.15, 0.2) is 4.79 Å². The van der Waals surface area contributed by atoms with E-state index in [0.717, 1.165) is 18.7 Å². The lowest BCUT2D eigenvalue weighted by Gasteiger charge is -2.27.